The molecular formula is C32H36F2N2O6S. The van der Waals surface area contributed by atoms with E-state index in [0.717, 1.165) is 23.3 Å². The van der Waals surface area contributed by atoms with Gasteiger partial charge in [0, 0.05) is 38.2 Å². The highest BCUT2D eigenvalue weighted by Gasteiger charge is 2.57. The summed E-state index contributed by atoms with van der Waals surface area (Å²) in [5.41, 5.74) is 1.93. The quantitative estimate of drug-likeness (QED) is 0.287. The molecule has 0 spiro atoms. The lowest BCUT2D eigenvalue weighted by Gasteiger charge is -2.20. The number of carboxylic acid groups (broad SMARTS) is 1. The van der Waals surface area contributed by atoms with Gasteiger partial charge in [0.15, 0.2) is 6.10 Å². The highest BCUT2D eigenvalue weighted by atomic mass is 32.2. The van der Waals surface area contributed by atoms with Gasteiger partial charge in [0.1, 0.15) is 29.7 Å². The van der Waals surface area contributed by atoms with Crippen molar-refractivity contribution < 1.29 is 36.6 Å². The van der Waals surface area contributed by atoms with E-state index in [1.807, 2.05) is 24.3 Å². The largest absolute Gasteiger partial charge is 0.492 e. The summed E-state index contributed by atoms with van der Waals surface area (Å²) in [7, 11) is -3.95. The van der Waals surface area contributed by atoms with Gasteiger partial charge in [0.2, 0.25) is 10.0 Å². The van der Waals surface area contributed by atoms with E-state index in [-0.39, 0.29) is 34.6 Å². The van der Waals surface area contributed by atoms with Gasteiger partial charge in [-0.3, -0.25) is 0 Å². The smallest absolute Gasteiger partial charge is 0.345 e. The minimum atomic E-state index is -3.95. The maximum Gasteiger partial charge on any atom is 0.345 e. The molecule has 0 amide bonds. The highest BCUT2D eigenvalue weighted by Crippen LogP contribution is 2.47. The molecule has 1 heterocycles. The first-order valence-corrected chi connectivity index (χ1v) is 15.7. The molecule has 1 aliphatic carbocycles. The number of nitrogens with zero attached hydrogens (tertiary/aromatic N) is 1. The van der Waals surface area contributed by atoms with Gasteiger partial charge in [0.05, 0.1) is 4.90 Å². The number of rotatable bonds is 12. The third-order valence-corrected chi connectivity index (χ3v) is 9.81. The molecule has 43 heavy (non-hydrogen) atoms. The summed E-state index contributed by atoms with van der Waals surface area (Å²) >= 11 is 0. The Hall–Kier alpha value is -3.54. The molecule has 0 bridgehead atoms. The number of piperidine rings is 1. The Morgan fingerprint density at radius 3 is 2.12 bits per heavy atom. The fraction of sp³-hybridized carbons (Fsp3) is 0.406. The Bertz CT molecular complexity index is 1530. The lowest BCUT2D eigenvalue weighted by atomic mass is 9.87. The summed E-state index contributed by atoms with van der Waals surface area (Å²) < 4.78 is 65.5. The molecule has 0 radical (unpaired) electrons. The summed E-state index contributed by atoms with van der Waals surface area (Å²) in [5.74, 6) is -1.45. The van der Waals surface area contributed by atoms with Crippen LogP contribution in [0.2, 0.25) is 0 Å². The van der Waals surface area contributed by atoms with Crippen LogP contribution in [-0.4, -0.2) is 62.2 Å². The van der Waals surface area contributed by atoms with Gasteiger partial charge < -0.3 is 19.9 Å². The predicted molar refractivity (Wildman–Crippen MR) is 157 cm³/mol. The number of fused-ring (bicyclic) bond motifs is 1. The predicted octanol–water partition coefficient (Wildman–Crippen LogP) is 4.62. The number of sulfonamides is 1. The van der Waals surface area contributed by atoms with Gasteiger partial charge >= 0.3 is 5.97 Å². The molecule has 1 saturated heterocycles. The van der Waals surface area contributed by atoms with E-state index < -0.39 is 33.7 Å². The Morgan fingerprint density at radius 2 is 1.56 bits per heavy atom. The van der Waals surface area contributed by atoms with E-state index in [4.69, 9.17) is 9.47 Å². The molecule has 230 valence electrons. The van der Waals surface area contributed by atoms with Crippen LogP contribution in [0, 0.1) is 23.5 Å². The average Bonchev–Trinajstić information content (AvgIpc) is 3.37. The first-order chi connectivity index (χ1) is 20.3. The molecule has 2 unspecified atom stereocenters. The number of halogens is 2. The molecule has 3 aromatic carbocycles. The molecule has 0 aromatic heterocycles. The van der Waals surface area contributed by atoms with Gasteiger partial charge in [-0.2, -0.15) is 4.31 Å². The molecule has 3 aromatic rings. The SMILES string of the molecule is CC(C)(C)c1ccc(O[C@@H](Cc2ccc(OCCNC3C4CN(S(=O)(=O)c5cc(F)cc(F)c5)C[C@@H]43)cc2)C(=O)O)cc1. The third kappa shape index (κ3) is 7.34. The van der Waals surface area contributed by atoms with Crippen LogP contribution in [0.1, 0.15) is 31.9 Å². The van der Waals surface area contributed by atoms with Crippen molar-refractivity contribution in [2.24, 2.45) is 11.8 Å². The molecule has 2 aliphatic rings. The number of ether oxygens (including phenoxy) is 2. The van der Waals surface area contributed by atoms with Crippen molar-refractivity contribution in [3.8, 4) is 11.5 Å². The molecular weight excluding hydrogens is 578 g/mol. The van der Waals surface area contributed by atoms with Crippen LogP contribution in [0.25, 0.3) is 0 Å². The molecule has 4 atom stereocenters. The van der Waals surface area contributed by atoms with Crippen LogP contribution < -0.4 is 14.8 Å². The maximum absolute atomic E-state index is 13.5. The molecule has 2 N–H and O–H groups in total. The summed E-state index contributed by atoms with van der Waals surface area (Å²) in [6.07, 6.45) is -0.834. The van der Waals surface area contributed by atoms with Crippen molar-refractivity contribution in [3.63, 3.8) is 0 Å². The van der Waals surface area contributed by atoms with Crippen LogP contribution in [0.15, 0.2) is 71.6 Å². The maximum atomic E-state index is 13.5. The van der Waals surface area contributed by atoms with Crippen molar-refractivity contribution in [2.75, 3.05) is 26.2 Å². The number of carbonyl (C=O) groups is 1. The van der Waals surface area contributed by atoms with Crippen LogP contribution in [0.4, 0.5) is 8.78 Å². The molecule has 2 fully saturated rings. The molecule has 11 heteroatoms. The van der Waals surface area contributed by atoms with Gasteiger partial charge in [-0.1, -0.05) is 45.0 Å². The number of carboxylic acids is 1. The van der Waals surface area contributed by atoms with Crippen LogP contribution in [-0.2, 0) is 26.7 Å². The molecule has 5 rings (SSSR count). The van der Waals surface area contributed by atoms with Crippen molar-refractivity contribution in [1.82, 2.24) is 9.62 Å². The summed E-state index contributed by atoms with van der Waals surface area (Å²) in [6.45, 7) is 7.88. The number of aliphatic carboxylic acids is 1. The summed E-state index contributed by atoms with van der Waals surface area (Å²) in [6, 6.07) is 17.2. The average molecular weight is 615 g/mol. The second-order valence-corrected chi connectivity index (χ2v) is 14.1. The summed E-state index contributed by atoms with van der Waals surface area (Å²) in [4.78, 5) is 11.5. The fourth-order valence-electron chi connectivity index (χ4n) is 5.52. The van der Waals surface area contributed by atoms with Gasteiger partial charge in [0.25, 0.3) is 0 Å². The highest BCUT2D eigenvalue weighted by molar-refractivity contribution is 7.89. The van der Waals surface area contributed by atoms with Crippen molar-refractivity contribution in [2.45, 2.75) is 49.6 Å². The lowest BCUT2D eigenvalue weighted by Crippen LogP contribution is -2.36. The van der Waals surface area contributed by atoms with Crippen LogP contribution in [0.5, 0.6) is 11.5 Å². The fourth-order valence-corrected chi connectivity index (χ4v) is 7.08. The van der Waals surface area contributed by atoms with E-state index in [1.165, 1.54) is 4.31 Å². The van der Waals surface area contributed by atoms with Crippen molar-refractivity contribution >= 4 is 16.0 Å². The molecule has 8 nitrogen and oxygen atoms in total. The zero-order chi connectivity index (χ0) is 30.9. The third-order valence-electron chi connectivity index (χ3n) is 8.00. The number of hydrogen-bond acceptors (Lipinski definition) is 6. The van der Waals surface area contributed by atoms with E-state index in [2.05, 4.69) is 26.1 Å². The summed E-state index contributed by atoms with van der Waals surface area (Å²) in [5, 5.41) is 13.1. The van der Waals surface area contributed by atoms with E-state index in [0.29, 0.717) is 43.8 Å². The minimum Gasteiger partial charge on any atom is -0.492 e. The van der Waals surface area contributed by atoms with E-state index >= 15 is 0 Å². The second kappa shape index (κ2) is 12.2. The number of benzene rings is 3. The normalized spacial score (nSPS) is 20.8. The Morgan fingerprint density at radius 1 is 0.977 bits per heavy atom. The van der Waals surface area contributed by atoms with E-state index in [9.17, 15) is 27.1 Å². The van der Waals surface area contributed by atoms with Gasteiger partial charge in [-0.05, 0) is 64.8 Å². The van der Waals surface area contributed by atoms with Crippen LogP contribution >= 0.6 is 0 Å². The van der Waals surface area contributed by atoms with Crippen molar-refractivity contribution in [1.29, 1.82) is 0 Å². The monoisotopic (exact) mass is 614 g/mol. The standard InChI is InChI=1S/C32H36F2N2O6S/c1-32(2,3)21-6-10-25(11-7-21)42-29(31(37)38)14-20-4-8-24(9-5-20)41-13-12-35-30-27-18-36(19-28(27)30)43(39,40)26-16-22(33)15-23(34)17-26/h4-11,15-17,27-30,35H,12-14,18-19H2,1-3H3,(H,37,38)/t27-,28?,29-,30?/m0/s1. The van der Waals surface area contributed by atoms with Crippen molar-refractivity contribution in [3.05, 3.63) is 89.5 Å². The Kier molecular flexibility index (Phi) is 8.78. The zero-order valence-electron chi connectivity index (χ0n) is 24.3. The minimum absolute atomic E-state index is 0.00902. The van der Waals surface area contributed by atoms with E-state index in [1.54, 1.807) is 24.3 Å². The van der Waals surface area contributed by atoms with Gasteiger partial charge in [-0.25, -0.2) is 22.0 Å². The lowest BCUT2D eigenvalue weighted by molar-refractivity contribution is -0.145. The van der Waals surface area contributed by atoms with Crippen LogP contribution in [0.3, 0.4) is 0 Å². The number of nitrogens with one attached hydrogen (secondary N) is 1. The first-order valence-electron chi connectivity index (χ1n) is 14.2. The molecule has 1 aliphatic heterocycles. The Labute approximate surface area is 250 Å². The second-order valence-electron chi connectivity index (χ2n) is 12.2. The van der Waals surface area contributed by atoms with Gasteiger partial charge in [-0.15, -0.1) is 0 Å². The topological polar surface area (TPSA) is 105 Å². The zero-order valence-corrected chi connectivity index (χ0v) is 25.1. The number of hydrogen-bond donors (Lipinski definition) is 2. The Balaban J connectivity index is 1.04. The molecule has 1 saturated carbocycles. The first kappa shape index (κ1) is 30.9.